The van der Waals surface area contributed by atoms with Gasteiger partial charge in [0.1, 0.15) is 5.76 Å². The van der Waals surface area contributed by atoms with Gasteiger partial charge in [0.15, 0.2) is 0 Å². The van der Waals surface area contributed by atoms with Crippen LogP contribution in [0.5, 0.6) is 0 Å². The minimum absolute atomic E-state index is 0.0231. The van der Waals surface area contributed by atoms with E-state index in [1.165, 1.54) is 33.5 Å². The summed E-state index contributed by atoms with van der Waals surface area (Å²) in [6, 6.07) is 12.4. The van der Waals surface area contributed by atoms with Crippen molar-refractivity contribution in [3.8, 4) is 0 Å². The zero-order valence-corrected chi connectivity index (χ0v) is 21.2. The lowest BCUT2D eigenvalue weighted by molar-refractivity contribution is -0.140. The van der Waals surface area contributed by atoms with Crippen molar-refractivity contribution in [3.63, 3.8) is 0 Å². The molecule has 2 aliphatic rings. The number of aliphatic hydroxyl groups is 1. The summed E-state index contributed by atoms with van der Waals surface area (Å²) in [5, 5.41) is 11.2. The zero-order valence-electron chi connectivity index (χ0n) is 20.3. The summed E-state index contributed by atoms with van der Waals surface area (Å²) in [5.41, 5.74) is 1.95. The van der Waals surface area contributed by atoms with Crippen LogP contribution in [0.25, 0.3) is 5.76 Å². The highest BCUT2D eigenvalue weighted by molar-refractivity contribution is 7.89. The molecule has 36 heavy (non-hydrogen) atoms. The molecule has 1 N–H and O–H groups in total. The molecule has 2 fully saturated rings. The van der Waals surface area contributed by atoms with Crippen molar-refractivity contribution in [2.45, 2.75) is 24.3 Å². The molecule has 10 heteroatoms. The van der Waals surface area contributed by atoms with Crippen molar-refractivity contribution < 1.29 is 32.6 Å². The van der Waals surface area contributed by atoms with Crippen molar-refractivity contribution in [2.75, 3.05) is 46.6 Å². The van der Waals surface area contributed by atoms with Gasteiger partial charge in [-0.2, -0.15) is 4.31 Å². The number of nitrogens with zero attached hydrogens (tertiary/aromatic N) is 2. The molecule has 2 aromatic carbocycles. The number of methoxy groups -OCH3 is 1. The molecule has 2 aromatic rings. The van der Waals surface area contributed by atoms with Gasteiger partial charge in [-0.15, -0.1) is 0 Å². The summed E-state index contributed by atoms with van der Waals surface area (Å²) < 4.78 is 37.6. The normalized spacial score (nSPS) is 20.7. The van der Waals surface area contributed by atoms with Crippen LogP contribution in [0.1, 0.15) is 29.2 Å². The molecule has 2 heterocycles. The third-order valence-corrected chi connectivity index (χ3v) is 8.33. The number of likely N-dealkylation sites (tertiary alicyclic amines) is 1. The molecule has 4 rings (SSSR count). The number of rotatable bonds is 8. The van der Waals surface area contributed by atoms with E-state index >= 15 is 0 Å². The lowest BCUT2D eigenvalue weighted by Gasteiger charge is -2.26. The molecule has 2 saturated heterocycles. The molecule has 1 atom stereocenters. The van der Waals surface area contributed by atoms with Crippen LogP contribution in [-0.2, 0) is 29.1 Å². The molecule has 0 saturated carbocycles. The summed E-state index contributed by atoms with van der Waals surface area (Å²) in [7, 11) is -2.14. The lowest BCUT2D eigenvalue weighted by Crippen LogP contribution is -2.40. The first-order valence-electron chi connectivity index (χ1n) is 11.8. The molecule has 0 spiro atoms. The number of carbonyl (C=O) groups is 2. The monoisotopic (exact) mass is 514 g/mol. The van der Waals surface area contributed by atoms with E-state index in [9.17, 15) is 23.1 Å². The second kappa shape index (κ2) is 10.9. The Morgan fingerprint density at radius 3 is 2.31 bits per heavy atom. The van der Waals surface area contributed by atoms with Gasteiger partial charge in [-0.05, 0) is 43.2 Å². The van der Waals surface area contributed by atoms with Crippen molar-refractivity contribution in [2.24, 2.45) is 0 Å². The second-order valence-corrected chi connectivity index (χ2v) is 10.7. The summed E-state index contributed by atoms with van der Waals surface area (Å²) in [5.74, 6) is -1.81. The van der Waals surface area contributed by atoms with Gasteiger partial charge in [-0.1, -0.05) is 29.8 Å². The first-order chi connectivity index (χ1) is 17.3. The Balaban J connectivity index is 1.71. The molecule has 0 aromatic heterocycles. The molecule has 9 nitrogen and oxygen atoms in total. The van der Waals surface area contributed by atoms with E-state index in [0.29, 0.717) is 31.8 Å². The van der Waals surface area contributed by atoms with E-state index in [1.807, 2.05) is 31.2 Å². The van der Waals surface area contributed by atoms with Gasteiger partial charge in [-0.25, -0.2) is 8.42 Å². The number of benzene rings is 2. The number of carbonyl (C=O) groups excluding carboxylic acids is 2. The van der Waals surface area contributed by atoms with Crippen LogP contribution < -0.4 is 0 Å². The Bertz CT molecular complexity index is 1250. The van der Waals surface area contributed by atoms with Crippen molar-refractivity contribution in [1.82, 2.24) is 9.21 Å². The highest BCUT2D eigenvalue weighted by Gasteiger charge is 2.45. The van der Waals surface area contributed by atoms with E-state index < -0.39 is 27.8 Å². The number of sulfonamides is 1. The van der Waals surface area contributed by atoms with Crippen LogP contribution in [0.4, 0.5) is 0 Å². The lowest BCUT2D eigenvalue weighted by atomic mass is 9.94. The van der Waals surface area contributed by atoms with Crippen LogP contribution in [-0.4, -0.2) is 81.0 Å². The van der Waals surface area contributed by atoms with E-state index in [4.69, 9.17) is 9.47 Å². The molecular formula is C26H30N2O7S. The standard InChI is InChI=1S/C26H30N2O7S/c1-18-4-6-19(7-5-18)23-22(25(30)26(31)28(23)12-3-15-34-2)24(29)20-8-10-21(11-9-20)36(32,33)27-13-16-35-17-14-27/h4-11,23,29H,3,12-17H2,1-2H3/t23-/m0/s1. The maximum Gasteiger partial charge on any atom is 0.295 e. The van der Waals surface area contributed by atoms with Crippen molar-refractivity contribution in [1.29, 1.82) is 0 Å². The van der Waals surface area contributed by atoms with E-state index in [2.05, 4.69) is 0 Å². The summed E-state index contributed by atoms with van der Waals surface area (Å²) in [6.07, 6.45) is 0.528. The van der Waals surface area contributed by atoms with E-state index in [0.717, 1.165) is 5.56 Å². The van der Waals surface area contributed by atoms with Crippen molar-refractivity contribution >= 4 is 27.5 Å². The predicted molar refractivity (Wildman–Crippen MR) is 133 cm³/mol. The van der Waals surface area contributed by atoms with Gasteiger partial charge in [0, 0.05) is 38.9 Å². The average Bonchev–Trinajstić information content (AvgIpc) is 3.14. The molecule has 0 unspecified atom stereocenters. The summed E-state index contributed by atoms with van der Waals surface area (Å²) in [6.45, 7) is 3.85. The number of amides is 1. The number of hydrogen-bond acceptors (Lipinski definition) is 7. The molecule has 0 aliphatic carbocycles. The Morgan fingerprint density at radius 2 is 1.69 bits per heavy atom. The van der Waals surface area contributed by atoms with Crippen LogP contribution >= 0.6 is 0 Å². The number of Topliss-reactive ketones (excluding diaryl/α,β-unsaturated/α-hetero) is 1. The fourth-order valence-corrected chi connectivity index (χ4v) is 5.87. The topological polar surface area (TPSA) is 113 Å². The van der Waals surface area contributed by atoms with Crippen LogP contribution in [0.15, 0.2) is 59.0 Å². The largest absolute Gasteiger partial charge is 0.507 e. The Hall–Kier alpha value is -3.05. The quantitative estimate of drug-likeness (QED) is 0.249. The number of ether oxygens (including phenoxy) is 2. The zero-order chi connectivity index (χ0) is 25.9. The third kappa shape index (κ3) is 5.08. The second-order valence-electron chi connectivity index (χ2n) is 8.79. The minimum Gasteiger partial charge on any atom is -0.507 e. The van der Waals surface area contributed by atoms with E-state index in [1.54, 1.807) is 7.11 Å². The Kier molecular flexibility index (Phi) is 7.89. The van der Waals surface area contributed by atoms with Crippen LogP contribution in [0.2, 0.25) is 0 Å². The van der Waals surface area contributed by atoms with Crippen molar-refractivity contribution in [3.05, 3.63) is 70.8 Å². The average molecular weight is 515 g/mol. The molecule has 0 radical (unpaired) electrons. The summed E-state index contributed by atoms with van der Waals surface area (Å²) in [4.78, 5) is 27.6. The van der Waals surface area contributed by atoms with Gasteiger partial charge in [0.2, 0.25) is 10.0 Å². The molecule has 2 aliphatic heterocycles. The van der Waals surface area contributed by atoms with E-state index in [-0.39, 0.29) is 41.4 Å². The Labute approximate surface area is 211 Å². The number of morpholine rings is 1. The van der Waals surface area contributed by atoms with Crippen LogP contribution in [0, 0.1) is 6.92 Å². The maximum atomic E-state index is 13.1. The third-order valence-electron chi connectivity index (χ3n) is 6.42. The molecule has 1 amide bonds. The number of ketones is 1. The first-order valence-corrected chi connectivity index (χ1v) is 13.2. The number of hydrogen-bond donors (Lipinski definition) is 1. The maximum absolute atomic E-state index is 13.1. The predicted octanol–water partition coefficient (Wildman–Crippen LogP) is 2.47. The number of aryl methyl sites for hydroxylation is 1. The smallest absolute Gasteiger partial charge is 0.295 e. The SMILES string of the molecule is COCCCN1C(=O)C(=O)C(=C(O)c2ccc(S(=O)(=O)N3CCOCC3)cc2)[C@@H]1c1ccc(C)cc1. The van der Waals surface area contributed by atoms with Gasteiger partial charge in [0.25, 0.3) is 11.7 Å². The number of aliphatic hydroxyl groups excluding tert-OH is 1. The molecule has 192 valence electrons. The minimum atomic E-state index is -3.71. The molecular weight excluding hydrogens is 484 g/mol. The molecule has 0 bridgehead atoms. The van der Waals surface area contributed by atoms with Gasteiger partial charge in [-0.3, -0.25) is 9.59 Å². The fourth-order valence-electron chi connectivity index (χ4n) is 4.46. The first kappa shape index (κ1) is 26.0. The van der Waals surface area contributed by atoms with Gasteiger partial charge in [0.05, 0.1) is 29.7 Å². The Morgan fingerprint density at radius 1 is 1.06 bits per heavy atom. The highest BCUT2D eigenvalue weighted by atomic mass is 32.2. The van der Waals surface area contributed by atoms with Gasteiger partial charge >= 0.3 is 0 Å². The van der Waals surface area contributed by atoms with Gasteiger partial charge < -0.3 is 19.5 Å². The summed E-state index contributed by atoms with van der Waals surface area (Å²) >= 11 is 0. The fraction of sp³-hybridized carbons (Fsp3) is 0.385. The highest BCUT2D eigenvalue weighted by Crippen LogP contribution is 2.39. The van der Waals surface area contributed by atoms with Crippen LogP contribution in [0.3, 0.4) is 0 Å².